The van der Waals surface area contributed by atoms with Crippen molar-refractivity contribution in [1.29, 1.82) is 0 Å². The zero-order valence-corrected chi connectivity index (χ0v) is 13.2. The van der Waals surface area contributed by atoms with Gasteiger partial charge in [0.05, 0.1) is 0 Å². The molecule has 4 nitrogen and oxygen atoms in total. The van der Waals surface area contributed by atoms with E-state index in [9.17, 15) is 5.21 Å². The van der Waals surface area contributed by atoms with E-state index in [0.29, 0.717) is 16.8 Å². The van der Waals surface area contributed by atoms with Crippen molar-refractivity contribution < 1.29 is 5.21 Å². The van der Waals surface area contributed by atoms with Gasteiger partial charge in [0.15, 0.2) is 0 Å². The van der Waals surface area contributed by atoms with Crippen LogP contribution in [0.5, 0.6) is 0 Å². The quantitative estimate of drug-likeness (QED) is 0.858. The molecule has 22 heavy (non-hydrogen) atoms. The molecule has 114 valence electrons. The molecule has 0 spiro atoms. The van der Waals surface area contributed by atoms with Gasteiger partial charge in [-0.1, -0.05) is 63.3 Å². The minimum atomic E-state index is 0.381. The highest BCUT2D eigenvalue weighted by molar-refractivity contribution is 5.93. The van der Waals surface area contributed by atoms with Crippen molar-refractivity contribution in [1.82, 2.24) is 15.2 Å². The third-order valence-electron chi connectivity index (χ3n) is 4.29. The Morgan fingerprint density at radius 1 is 1.23 bits per heavy atom. The van der Waals surface area contributed by atoms with Crippen LogP contribution in [0.25, 0.3) is 16.6 Å². The van der Waals surface area contributed by atoms with Crippen molar-refractivity contribution in [2.75, 3.05) is 0 Å². The summed E-state index contributed by atoms with van der Waals surface area (Å²) >= 11 is 0. The van der Waals surface area contributed by atoms with Crippen LogP contribution in [0, 0.1) is 5.92 Å². The summed E-state index contributed by atoms with van der Waals surface area (Å²) in [5, 5.41) is 18.0. The third-order valence-corrected chi connectivity index (χ3v) is 4.29. The number of allylic oxidation sites excluding steroid dienone is 6. The van der Waals surface area contributed by atoms with Gasteiger partial charge in [-0.05, 0) is 34.4 Å². The number of hydrogen-bond donors (Lipinski definition) is 1. The smallest absolute Gasteiger partial charge is 0.125 e. The number of fused-ring (bicyclic) bond motifs is 1. The Hall–Kier alpha value is -2.36. The predicted molar refractivity (Wildman–Crippen MR) is 88.8 cm³/mol. The second kappa shape index (κ2) is 5.79. The van der Waals surface area contributed by atoms with Crippen LogP contribution in [-0.2, 0) is 0 Å². The molecule has 1 N–H and O–H groups in total. The summed E-state index contributed by atoms with van der Waals surface area (Å²) in [5.41, 5.74) is 4.74. The monoisotopic (exact) mass is 295 g/mol. The largest absolute Gasteiger partial charge is 0.396 e. The van der Waals surface area contributed by atoms with Crippen LogP contribution >= 0.6 is 0 Å². The van der Waals surface area contributed by atoms with E-state index < -0.39 is 0 Å². The standard InChI is InChI=1S/C18H21N3O/c1-4-13(3)15-10-11-16(18-17(15)19-21(22)20-18)14-7-5-6-12(2)8-9-14/h5-13,22H,4H2,1-3H3. The number of benzene rings is 1. The van der Waals surface area contributed by atoms with Crippen LogP contribution in [0.2, 0.25) is 0 Å². The molecule has 0 fully saturated rings. The molecule has 2 atom stereocenters. The Morgan fingerprint density at radius 3 is 2.77 bits per heavy atom. The third kappa shape index (κ3) is 2.56. The molecule has 1 aliphatic carbocycles. The van der Waals surface area contributed by atoms with Crippen molar-refractivity contribution in [2.24, 2.45) is 5.92 Å². The fourth-order valence-electron chi connectivity index (χ4n) is 2.74. The highest BCUT2D eigenvalue weighted by Crippen LogP contribution is 2.31. The molecule has 0 amide bonds. The summed E-state index contributed by atoms with van der Waals surface area (Å²) in [7, 11) is 0. The van der Waals surface area contributed by atoms with Gasteiger partial charge in [0, 0.05) is 5.56 Å². The van der Waals surface area contributed by atoms with Gasteiger partial charge in [-0.25, -0.2) is 0 Å². The van der Waals surface area contributed by atoms with Crippen LogP contribution in [0.15, 0.2) is 42.5 Å². The van der Waals surface area contributed by atoms with Crippen molar-refractivity contribution in [2.45, 2.75) is 33.1 Å². The SMILES string of the molecule is CCC(C)c1ccc(C2=CC=CC(C)C=C2)c2nn(O)nc12. The first-order valence-corrected chi connectivity index (χ1v) is 7.76. The Bertz CT molecular complexity index is 783. The van der Waals surface area contributed by atoms with Crippen molar-refractivity contribution in [3.05, 3.63) is 53.6 Å². The van der Waals surface area contributed by atoms with E-state index in [2.05, 4.69) is 73.5 Å². The van der Waals surface area contributed by atoms with Crippen LogP contribution in [0.1, 0.15) is 44.2 Å². The second-order valence-corrected chi connectivity index (χ2v) is 5.90. The molecule has 1 aliphatic rings. The molecule has 1 aromatic carbocycles. The molecule has 1 heterocycles. The average molecular weight is 295 g/mol. The van der Waals surface area contributed by atoms with E-state index in [4.69, 9.17) is 0 Å². The van der Waals surface area contributed by atoms with Gasteiger partial charge < -0.3 is 5.21 Å². The van der Waals surface area contributed by atoms with Gasteiger partial charge in [-0.2, -0.15) is 0 Å². The van der Waals surface area contributed by atoms with Crippen molar-refractivity contribution in [3.63, 3.8) is 0 Å². The topological polar surface area (TPSA) is 50.9 Å². The average Bonchev–Trinajstić information content (AvgIpc) is 2.77. The Morgan fingerprint density at radius 2 is 2.00 bits per heavy atom. The first-order valence-electron chi connectivity index (χ1n) is 7.76. The summed E-state index contributed by atoms with van der Waals surface area (Å²) in [6.07, 6.45) is 11.6. The van der Waals surface area contributed by atoms with E-state index >= 15 is 0 Å². The van der Waals surface area contributed by atoms with Crippen LogP contribution < -0.4 is 0 Å². The molecule has 0 saturated carbocycles. The second-order valence-electron chi connectivity index (χ2n) is 5.90. The molecule has 0 saturated heterocycles. The van der Waals surface area contributed by atoms with Gasteiger partial charge in [-0.3, -0.25) is 0 Å². The Labute approximate surface area is 130 Å². The summed E-state index contributed by atoms with van der Waals surface area (Å²) in [6.45, 7) is 6.46. The number of aromatic nitrogens is 3. The molecular weight excluding hydrogens is 274 g/mol. The highest BCUT2D eigenvalue weighted by Gasteiger charge is 2.17. The lowest BCUT2D eigenvalue weighted by Gasteiger charge is -2.11. The van der Waals surface area contributed by atoms with Gasteiger partial charge in [0.25, 0.3) is 0 Å². The van der Waals surface area contributed by atoms with Gasteiger partial charge in [0.1, 0.15) is 11.0 Å². The lowest BCUT2D eigenvalue weighted by Crippen LogP contribution is -1.95. The first-order chi connectivity index (χ1) is 10.6. The minimum absolute atomic E-state index is 0.381. The molecule has 0 radical (unpaired) electrons. The molecule has 0 aliphatic heterocycles. The first kappa shape index (κ1) is 14.6. The minimum Gasteiger partial charge on any atom is -0.396 e. The van der Waals surface area contributed by atoms with E-state index in [1.165, 1.54) is 0 Å². The summed E-state index contributed by atoms with van der Waals surface area (Å²) in [5.74, 6) is 0.795. The maximum Gasteiger partial charge on any atom is 0.125 e. The lowest BCUT2D eigenvalue weighted by molar-refractivity contribution is 0.113. The van der Waals surface area contributed by atoms with E-state index in [1.54, 1.807) is 0 Å². The Balaban J connectivity index is 2.18. The van der Waals surface area contributed by atoms with Crippen molar-refractivity contribution >= 4 is 16.6 Å². The van der Waals surface area contributed by atoms with Crippen molar-refractivity contribution in [3.8, 4) is 0 Å². The fraction of sp³-hybridized carbons (Fsp3) is 0.333. The molecule has 2 unspecified atom stereocenters. The lowest BCUT2D eigenvalue weighted by atomic mass is 9.93. The fourth-order valence-corrected chi connectivity index (χ4v) is 2.74. The molecule has 4 heteroatoms. The highest BCUT2D eigenvalue weighted by atomic mass is 16.5. The van der Waals surface area contributed by atoms with Crippen LogP contribution in [-0.4, -0.2) is 20.4 Å². The number of nitrogens with zero attached hydrogens (tertiary/aromatic N) is 3. The normalized spacial score (nSPS) is 19.2. The van der Waals surface area contributed by atoms with E-state index in [0.717, 1.165) is 34.2 Å². The molecule has 2 aromatic rings. The molecule has 3 rings (SSSR count). The maximum absolute atomic E-state index is 9.70. The summed E-state index contributed by atoms with van der Waals surface area (Å²) < 4.78 is 0. The zero-order valence-electron chi connectivity index (χ0n) is 13.2. The summed E-state index contributed by atoms with van der Waals surface area (Å²) in [6, 6.07) is 4.19. The molecule has 1 aromatic heterocycles. The molecular formula is C18H21N3O. The van der Waals surface area contributed by atoms with Gasteiger partial charge in [0.2, 0.25) is 0 Å². The van der Waals surface area contributed by atoms with Crippen LogP contribution in [0.3, 0.4) is 0 Å². The molecule has 0 bridgehead atoms. The zero-order chi connectivity index (χ0) is 15.7. The van der Waals surface area contributed by atoms with Crippen LogP contribution in [0.4, 0.5) is 0 Å². The van der Waals surface area contributed by atoms with E-state index in [-0.39, 0.29) is 0 Å². The van der Waals surface area contributed by atoms with Gasteiger partial charge >= 0.3 is 0 Å². The number of rotatable bonds is 3. The summed E-state index contributed by atoms with van der Waals surface area (Å²) in [4.78, 5) is 0.680. The Kier molecular flexibility index (Phi) is 3.84. The van der Waals surface area contributed by atoms with E-state index in [1.807, 2.05) is 0 Å². The number of hydrogen-bond acceptors (Lipinski definition) is 3. The van der Waals surface area contributed by atoms with Gasteiger partial charge in [-0.15, -0.1) is 10.2 Å². The maximum atomic E-state index is 9.70. The predicted octanol–water partition coefficient (Wildman–Crippen LogP) is 4.33.